The minimum atomic E-state index is -0.535. The molecule has 2 aromatic rings. The molecule has 0 saturated carbocycles. The molecule has 0 aromatic heterocycles. The van der Waals surface area contributed by atoms with Crippen molar-refractivity contribution in [3.05, 3.63) is 70.8 Å². The number of thiocarbonyl (C=S) groups is 1. The second-order valence-corrected chi connectivity index (χ2v) is 5.83. The Balaban J connectivity index is 1.70. The maximum absolute atomic E-state index is 11.8. The van der Waals surface area contributed by atoms with Crippen molar-refractivity contribution >= 4 is 35.2 Å². The van der Waals surface area contributed by atoms with Crippen LogP contribution in [-0.2, 0) is 16.2 Å². The topological polar surface area (TPSA) is 91.2 Å². The van der Waals surface area contributed by atoms with Crippen molar-refractivity contribution in [2.45, 2.75) is 6.61 Å². The number of nitrogens with one attached hydrogen (secondary N) is 2. The summed E-state index contributed by atoms with van der Waals surface area (Å²) in [6.45, 7) is 0.270. The molecule has 1 aliphatic rings. The normalized spacial score (nSPS) is 13.5. The highest BCUT2D eigenvalue weighted by molar-refractivity contribution is 7.80. The van der Waals surface area contributed by atoms with Crippen molar-refractivity contribution in [2.24, 2.45) is 0 Å². The van der Waals surface area contributed by atoms with Gasteiger partial charge in [-0.25, -0.2) is 0 Å². The lowest BCUT2D eigenvalue weighted by atomic mass is 10.1. The fraction of sp³-hybridized carbons (Fsp3) is 0.0526. The second kappa shape index (κ2) is 7.59. The summed E-state index contributed by atoms with van der Waals surface area (Å²) in [7, 11) is 0. The standard InChI is InChI=1S/C19H13N3O3S/c20-10-13-3-1-2-4-14(13)11-25-15-7-5-12(6-8-15)9-16-17(23)21-19(26)22-18(16)24/h1-9H,11H2,(H2,21,22,23,24,26). The lowest BCUT2D eigenvalue weighted by molar-refractivity contribution is -0.123. The van der Waals surface area contributed by atoms with Gasteiger partial charge >= 0.3 is 0 Å². The molecule has 3 rings (SSSR count). The average Bonchev–Trinajstić information content (AvgIpc) is 2.64. The number of nitrogens with zero attached hydrogens (tertiary/aromatic N) is 1. The van der Waals surface area contributed by atoms with Crippen molar-refractivity contribution in [3.63, 3.8) is 0 Å². The molecule has 1 fully saturated rings. The molecule has 0 atom stereocenters. The van der Waals surface area contributed by atoms with Crippen molar-refractivity contribution in [3.8, 4) is 11.8 Å². The van der Waals surface area contributed by atoms with Crippen LogP contribution in [0.25, 0.3) is 6.08 Å². The maximum Gasteiger partial charge on any atom is 0.263 e. The number of carbonyl (C=O) groups excluding carboxylic acids is 2. The van der Waals surface area contributed by atoms with Crippen LogP contribution < -0.4 is 15.4 Å². The monoisotopic (exact) mass is 363 g/mol. The first-order valence-electron chi connectivity index (χ1n) is 7.66. The SMILES string of the molecule is N#Cc1ccccc1COc1ccc(C=C2C(=O)NC(=S)NC2=O)cc1. The van der Waals surface area contributed by atoms with E-state index in [2.05, 4.69) is 16.7 Å². The average molecular weight is 363 g/mol. The van der Waals surface area contributed by atoms with Gasteiger partial charge in [0.15, 0.2) is 5.11 Å². The Labute approximate surface area is 155 Å². The van der Waals surface area contributed by atoms with Crippen molar-refractivity contribution in [1.29, 1.82) is 5.26 Å². The third kappa shape index (κ3) is 3.94. The van der Waals surface area contributed by atoms with E-state index >= 15 is 0 Å². The first kappa shape index (κ1) is 17.3. The van der Waals surface area contributed by atoms with E-state index in [-0.39, 0.29) is 17.3 Å². The van der Waals surface area contributed by atoms with Gasteiger partial charge in [-0.15, -0.1) is 0 Å². The zero-order chi connectivity index (χ0) is 18.5. The number of carbonyl (C=O) groups is 2. The van der Waals surface area contributed by atoms with E-state index in [0.29, 0.717) is 16.9 Å². The number of nitriles is 1. The smallest absolute Gasteiger partial charge is 0.263 e. The summed E-state index contributed by atoms with van der Waals surface area (Å²) >= 11 is 4.75. The van der Waals surface area contributed by atoms with E-state index in [1.54, 1.807) is 36.4 Å². The molecule has 1 heterocycles. The Hall–Kier alpha value is -3.50. The van der Waals surface area contributed by atoms with E-state index < -0.39 is 11.8 Å². The van der Waals surface area contributed by atoms with Crippen molar-refractivity contribution < 1.29 is 14.3 Å². The molecular weight excluding hydrogens is 350 g/mol. The molecule has 2 N–H and O–H groups in total. The van der Waals surface area contributed by atoms with E-state index in [4.69, 9.17) is 22.2 Å². The van der Waals surface area contributed by atoms with Crippen LogP contribution in [0.1, 0.15) is 16.7 Å². The Morgan fingerprint density at radius 1 is 1.04 bits per heavy atom. The van der Waals surface area contributed by atoms with Gasteiger partial charge in [-0.3, -0.25) is 20.2 Å². The Bertz CT molecular complexity index is 937. The van der Waals surface area contributed by atoms with Crippen LogP contribution in [0.15, 0.2) is 54.1 Å². The number of rotatable bonds is 4. The minimum absolute atomic E-state index is 0.00134. The first-order chi connectivity index (χ1) is 12.6. The van der Waals surface area contributed by atoms with Crippen LogP contribution in [0.4, 0.5) is 0 Å². The molecule has 0 radical (unpaired) electrons. The van der Waals surface area contributed by atoms with Gasteiger partial charge in [0.25, 0.3) is 11.8 Å². The molecule has 2 aromatic carbocycles. The van der Waals surface area contributed by atoms with Gasteiger partial charge in [-0.1, -0.05) is 30.3 Å². The third-order valence-electron chi connectivity index (χ3n) is 3.67. The van der Waals surface area contributed by atoms with Gasteiger partial charge < -0.3 is 4.74 Å². The minimum Gasteiger partial charge on any atom is -0.489 e. The summed E-state index contributed by atoms with van der Waals surface area (Å²) in [6.07, 6.45) is 1.47. The van der Waals surface area contributed by atoms with E-state index in [1.807, 2.05) is 12.1 Å². The van der Waals surface area contributed by atoms with E-state index in [9.17, 15) is 9.59 Å². The molecule has 6 nitrogen and oxygen atoms in total. The summed E-state index contributed by atoms with van der Waals surface area (Å²) in [5.74, 6) is -0.460. The quantitative estimate of drug-likeness (QED) is 0.493. The highest BCUT2D eigenvalue weighted by Gasteiger charge is 2.25. The molecule has 7 heteroatoms. The van der Waals surface area contributed by atoms with Crippen LogP contribution in [0.3, 0.4) is 0 Å². The number of benzene rings is 2. The van der Waals surface area contributed by atoms with E-state index in [0.717, 1.165) is 5.56 Å². The van der Waals surface area contributed by atoms with Gasteiger partial charge in [0.2, 0.25) is 0 Å². The van der Waals surface area contributed by atoms with Gasteiger partial charge in [0, 0.05) is 5.56 Å². The van der Waals surface area contributed by atoms with Gasteiger partial charge in [-0.2, -0.15) is 5.26 Å². The van der Waals surface area contributed by atoms with Crippen molar-refractivity contribution in [2.75, 3.05) is 0 Å². The van der Waals surface area contributed by atoms with Crippen LogP contribution in [0.5, 0.6) is 5.75 Å². The number of ether oxygens (including phenoxy) is 1. The largest absolute Gasteiger partial charge is 0.489 e. The number of hydrogen-bond acceptors (Lipinski definition) is 5. The van der Waals surface area contributed by atoms with Crippen LogP contribution >= 0.6 is 12.2 Å². The first-order valence-corrected chi connectivity index (χ1v) is 8.07. The molecule has 0 aliphatic carbocycles. The van der Waals surface area contributed by atoms with Crippen LogP contribution in [-0.4, -0.2) is 16.9 Å². The second-order valence-electron chi connectivity index (χ2n) is 5.42. The molecule has 1 aliphatic heterocycles. The summed E-state index contributed by atoms with van der Waals surface area (Å²) in [5, 5.41) is 13.8. The fourth-order valence-electron chi connectivity index (χ4n) is 2.35. The van der Waals surface area contributed by atoms with E-state index in [1.165, 1.54) is 6.08 Å². The van der Waals surface area contributed by atoms with Gasteiger partial charge in [-0.05, 0) is 42.1 Å². The van der Waals surface area contributed by atoms with Crippen molar-refractivity contribution in [1.82, 2.24) is 10.6 Å². The highest BCUT2D eigenvalue weighted by atomic mass is 32.1. The van der Waals surface area contributed by atoms with Gasteiger partial charge in [0.1, 0.15) is 17.9 Å². The molecule has 0 unspecified atom stereocenters. The summed E-state index contributed by atoms with van der Waals surface area (Å²) < 4.78 is 5.69. The lowest BCUT2D eigenvalue weighted by Gasteiger charge is -2.16. The Morgan fingerprint density at radius 3 is 2.35 bits per heavy atom. The molecule has 1 saturated heterocycles. The van der Waals surface area contributed by atoms with Crippen LogP contribution in [0.2, 0.25) is 0 Å². The predicted octanol–water partition coefficient (Wildman–Crippen LogP) is 2.05. The maximum atomic E-state index is 11.8. The predicted molar refractivity (Wildman–Crippen MR) is 98.8 cm³/mol. The lowest BCUT2D eigenvalue weighted by Crippen LogP contribution is -2.51. The number of hydrogen-bond donors (Lipinski definition) is 2. The van der Waals surface area contributed by atoms with Gasteiger partial charge in [0.05, 0.1) is 11.6 Å². The molecule has 0 bridgehead atoms. The molecule has 0 spiro atoms. The molecule has 2 amide bonds. The Morgan fingerprint density at radius 2 is 1.69 bits per heavy atom. The third-order valence-corrected chi connectivity index (χ3v) is 3.87. The Kier molecular flexibility index (Phi) is 5.06. The fourth-order valence-corrected chi connectivity index (χ4v) is 2.54. The summed E-state index contributed by atoms with van der Waals surface area (Å²) in [6, 6.07) is 16.3. The number of amides is 2. The molecule has 128 valence electrons. The highest BCUT2D eigenvalue weighted by Crippen LogP contribution is 2.18. The van der Waals surface area contributed by atoms with Crippen LogP contribution in [0, 0.1) is 11.3 Å². The molecule has 26 heavy (non-hydrogen) atoms. The molecular formula is C19H13N3O3S. The zero-order valence-electron chi connectivity index (χ0n) is 13.5. The summed E-state index contributed by atoms with van der Waals surface area (Å²) in [4.78, 5) is 23.7. The summed E-state index contributed by atoms with van der Waals surface area (Å²) in [5.41, 5.74) is 2.02. The zero-order valence-corrected chi connectivity index (χ0v) is 14.3.